The lowest BCUT2D eigenvalue weighted by Gasteiger charge is -2.33. The second-order valence-corrected chi connectivity index (χ2v) is 10.1. The Morgan fingerprint density at radius 2 is 1.83 bits per heavy atom. The molecule has 1 aliphatic heterocycles. The van der Waals surface area contributed by atoms with Gasteiger partial charge in [-0.2, -0.15) is 9.40 Å². The van der Waals surface area contributed by atoms with Gasteiger partial charge in [0.25, 0.3) is 15.9 Å². The molecule has 0 bridgehead atoms. The topological polar surface area (TPSA) is 84.7 Å². The monoisotopic (exact) mass is 466 g/mol. The minimum atomic E-state index is -3.51. The van der Waals surface area contributed by atoms with Crippen molar-refractivity contribution in [3.8, 4) is 5.75 Å². The van der Waals surface area contributed by atoms with Gasteiger partial charge in [0.1, 0.15) is 15.7 Å². The largest absolute Gasteiger partial charge is 0.471 e. The molecule has 3 heterocycles. The zero-order chi connectivity index (χ0) is 21.1. The van der Waals surface area contributed by atoms with Crippen molar-refractivity contribution < 1.29 is 17.9 Å². The molecule has 1 saturated heterocycles. The van der Waals surface area contributed by atoms with Crippen molar-refractivity contribution in [2.45, 2.75) is 10.9 Å². The van der Waals surface area contributed by atoms with Crippen LogP contribution in [-0.2, 0) is 16.8 Å². The van der Waals surface area contributed by atoms with Crippen LogP contribution >= 0.6 is 22.9 Å². The van der Waals surface area contributed by atoms with Gasteiger partial charge in [-0.25, -0.2) is 13.1 Å². The fourth-order valence-corrected chi connectivity index (χ4v) is 5.81. The van der Waals surface area contributed by atoms with E-state index < -0.39 is 10.0 Å². The molecule has 0 atom stereocenters. The maximum absolute atomic E-state index is 12.9. The lowest BCUT2D eigenvalue weighted by atomic mass is 10.3. The molecule has 0 spiro atoms. The molecule has 8 nitrogen and oxygen atoms in total. The number of thiophene rings is 1. The number of hydrogen-bond donors (Lipinski definition) is 0. The smallest absolute Gasteiger partial charge is 0.272 e. The summed E-state index contributed by atoms with van der Waals surface area (Å²) in [4.78, 5) is 14.6. The van der Waals surface area contributed by atoms with E-state index >= 15 is 0 Å². The Kier molecular flexibility index (Phi) is 6.09. The molecule has 158 valence electrons. The predicted molar refractivity (Wildman–Crippen MR) is 113 cm³/mol. The Balaban J connectivity index is 1.38. The number of sulfonamides is 1. The van der Waals surface area contributed by atoms with Crippen LogP contribution in [0.15, 0.2) is 58.3 Å². The number of carbonyl (C=O) groups excluding carboxylic acids is 1. The minimum Gasteiger partial charge on any atom is -0.471 e. The summed E-state index contributed by atoms with van der Waals surface area (Å²) in [5.41, 5.74) is 0.388. The van der Waals surface area contributed by atoms with Crippen molar-refractivity contribution in [1.29, 1.82) is 0 Å². The third-order valence-electron chi connectivity index (χ3n) is 4.72. The van der Waals surface area contributed by atoms with Crippen molar-refractivity contribution in [2.75, 3.05) is 26.2 Å². The number of halogens is 1. The highest BCUT2D eigenvalue weighted by Crippen LogP contribution is 2.22. The number of rotatable bonds is 6. The van der Waals surface area contributed by atoms with Gasteiger partial charge in [-0.05, 0) is 41.8 Å². The molecule has 11 heteroatoms. The SMILES string of the molecule is O=C(c1ccnn1COc1ccc(Cl)cc1)N1CCN(S(=O)(=O)c2cccs2)CC1. The molecule has 0 aliphatic carbocycles. The van der Waals surface area contributed by atoms with E-state index in [0.29, 0.717) is 33.8 Å². The molecule has 4 rings (SSSR count). The van der Waals surface area contributed by atoms with Crippen molar-refractivity contribution in [1.82, 2.24) is 19.0 Å². The highest BCUT2D eigenvalue weighted by atomic mass is 35.5. The Morgan fingerprint density at radius 1 is 1.10 bits per heavy atom. The van der Waals surface area contributed by atoms with Crippen LogP contribution in [0.3, 0.4) is 0 Å². The van der Waals surface area contributed by atoms with Crippen molar-refractivity contribution >= 4 is 38.9 Å². The highest BCUT2D eigenvalue weighted by Gasteiger charge is 2.31. The molecule has 2 aromatic heterocycles. The zero-order valence-corrected chi connectivity index (χ0v) is 18.2. The Bertz CT molecular complexity index is 1110. The normalized spacial score (nSPS) is 15.3. The van der Waals surface area contributed by atoms with Gasteiger partial charge in [0, 0.05) is 37.4 Å². The summed E-state index contributed by atoms with van der Waals surface area (Å²) in [7, 11) is -3.51. The standard InChI is InChI=1S/C19H19ClN4O4S2/c20-15-3-5-16(6-4-15)28-14-24-17(7-8-21-24)19(25)22-9-11-23(12-10-22)30(26,27)18-2-1-13-29-18/h1-8,13H,9-12,14H2. The molecule has 0 radical (unpaired) electrons. The Hall–Kier alpha value is -2.40. The quantitative estimate of drug-likeness (QED) is 0.557. The Labute approximate surface area is 183 Å². The number of hydrogen-bond acceptors (Lipinski definition) is 6. The summed E-state index contributed by atoms with van der Waals surface area (Å²) in [6.45, 7) is 1.20. The second kappa shape index (κ2) is 8.76. The molecule has 30 heavy (non-hydrogen) atoms. The van der Waals surface area contributed by atoms with Crippen molar-refractivity contribution in [3.05, 3.63) is 64.8 Å². The summed E-state index contributed by atoms with van der Waals surface area (Å²) in [5.74, 6) is 0.404. The van der Waals surface area contributed by atoms with E-state index in [1.807, 2.05) is 0 Å². The van der Waals surface area contributed by atoms with Gasteiger partial charge in [-0.1, -0.05) is 17.7 Å². The van der Waals surface area contributed by atoms with E-state index in [0.717, 1.165) is 0 Å². The number of aromatic nitrogens is 2. The van der Waals surface area contributed by atoms with Gasteiger partial charge in [0.2, 0.25) is 0 Å². The van der Waals surface area contributed by atoms with Crippen LogP contribution in [0, 0.1) is 0 Å². The number of amides is 1. The van der Waals surface area contributed by atoms with Crippen LogP contribution in [0.25, 0.3) is 0 Å². The van der Waals surface area contributed by atoms with Crippen molar-refractivity contribution in [3.63, 3.8) is 0 Å². The Morgan fingerprint density at radius 3 is 2.50 bits per heavy atom. The maximum Gasteiger partial charge on any atom is 0.272 e. The summed E-state index contributed by atoms with van der Waals surface area (Å²) in [6, 6.07) is 11.8. The average molecular weight is 467 g/mol. The van der Waals surface area contributed by atoms with E-state index in [1.165, 1.54) is 26.5 Å². The molecule has 0 unspecified atom stereocenters. The van der Waals surface area contributed by atoms with Gasteiger partial charge in [-0.3, -0.25) is 4.79 Å². The first-order chi connectivity index (χ1) is 14.4. The van der Waals surface area contributed by atoms with E-state index in [9.17, 15) is 13.2 Å². The van der Waals surface area contributed by atoms with Crippen LogP contribution in [0.4, 0.5) is 0 Å². The van der Waals surface area contributed by atoms with Gasteiger partial charge in [0.05, 0.1) is 0 Å². The van der Waals surface area contributed by atoms with Crippen LogP contribution in [0.1, 0.15) is 10.5 Å². The molecule has 0 N–H and O–H groups in total. The fourth-order valence-electron chi connectivity index (χ4n) is 3.11. The van der Waals surface area contributed by atoms with Gasteiger partial charge in [0.15, 0.2) is 6.73 Å². The van der Waals surface area contributed by atoms with Crippen LogP contribution in [0.2, 0.25) is 5.02 Å². The van der Waals surface area contributed by atoms with E-state index in [4.69, 9.17) is 16.3 Å². The summed E-state index contributed by atoms with van der Waals surface area (Å²) < 4.78 is 34.2. The molecular formula is C19H19ClN4O4S2. The van der Waals surface area contributed by atoms with E-state index in [-0.39, 0.29) is 25.7 Å². The number of ether oxygens (including phenoxy) is 1. The second-order valence-electron chi connectivity index (χ2n) is 6.57. The van der Waals surface area contributed by atoms with Gasteiger partial charge in [-0.15, -0.1) is 11.3 Å². The molecule has 1 aromatic carbocycles. The van der Waals surface area contributed by atoms with Crippen LogP contribution in [0.5, 0.6) is 5.75 Å². The number of piperazine rings is 1. The highest BCUT2D eigenvalue weighted by molar-refractivity contribution is 7.91. The predicted octanol–water partition coefficient (Wildman–Crippen LogP) is 2.78. The van der Waals surface area contributed by atoms with Crippen LogP contribution < -0.4 is 4.74 Å². The average Bonchev–Trinajstić information content (AvgIpc) is 3.45. The first kappa shape index (κ1) is 20.9. The molecule has 0 saturated carbocycles. The van der Waals surface area contributed by atoms with Crippen molar-refractivity contribution in [2.24, 2.45) is 0 Å². The first-order valence-corrected chi connectivity index (χ1v) is 11.9. The number of carbonyl (C=O) groups is 1. The molecule has 1 fully saturated rings. The molecule has 1 amide bonds. The number of nitrogens with zero attached hydrogens (tertiary/aromatic N) is 4. The zero-order valence-electron chi connectivity index (χ0n) is 15.8. The molecule has 1 aliphatic rings. The lowest BCUT2D eigenvalue weighted by Crippen LogP contribution is -2.50. The molecular weight excluding hydrogens is 448 g/mol. The summed E-state index contributed by atoms with van der Waals surface area (Å²) in [6.07, 6.45) is 1.54. The maximum atomic E-state index is 12.9. The summed E-state index contributed by atoms with van der Waals surface area (Å²) >= 11 is 7.06. The summed E-state index contributed by atoms with van der Waals surface area (Å²) in [5, 5.41) is 6.51. The third-order valence-corrected chi connectivity index (χ3v) is 8.24. The van der Waals surface area contributed by atoms with E-state index in [1.54, 1.807) is 52.7 Å². The lowest BCUT2D eigenvalue weighted by molar-refractivity contribution is 0.0675. The van der Waals surface area contributed by atoms with Gasteiger partial charge < -0.3 is 9.64 Å². The fraction of sp³-hybridized carbons (Fsp3) is 0.263. The molecule has 3 aromatic rings. The first-order valence-electron chi connectivity index (χ1n) is 9.18. The van der Waals surface area contributed by atoms with Crippen LogP contribution in [-0.4, -0.2) is 59.5 Å². The minimum absolute atomic E-state index is 0.0719. The third kappa shape index (κ3) is 4.36. The number of benzene rings is 1. The van der Waals surface area contributed by atoms with Gasteiger partial charge >= 0.3 is 0 Å². The van der Waals surface area contributed by atoms with E-state index in [2.05, 4.69) is 5.10 Å².